The lowest BCUT2D eigenvalue weighted by Crippen LogP contribution is -2.54. The first-order valence-corrected chi connectivity index (χ1v) is 9.60. The summed E-state index contributed by atoms with van der Waals surface area (Å²) in [5, 5.41) is 2.86. The number of fused-ring (bicyclic) bond motifs is 1. The number of hydrogen-bond acceptors (Lipinski definition) is 6. The summed E-state index contributed by atoms with van der Waals surface area (Å²) in [6.07, 6.45) is 2.92. The number of nitrogens with zero attached hydrogens (tertiary/aromatic N) is 2. The van der Waals surface area contributed by atoms with Crippen molar-refractivity contribution < 1.29 is 28.7 Å². The molecular formula is C23H19N3O6. The first kappa shape index (κ1) is 20.9. The summed E-state index contributed by atoms with van der Waals surface area (Å²) >= 11 is 0. The Morgan fingerprint density at radius 2 is 1.78 bits per heavy atom. The lowest BCUT2D eigenvalue weighted by atomic mass is 10.1. The number of hydrogen-bond donors (Lipinski definition) is 1. The number of ether oxygens (including phenoxy) is 2. The van der Waals surface area contributed by atoms with Crippen molar-refractivity contribution in [2.45, 2.75) is 6.92 Å². The Labute approximate surface area is 182 Å². The molecule has 2 aromatic carbocycles. The van der Waals surface area contributed by atoms with Crippen molar-refractivity contribution in [3.05, 3.63) is 59.8 Å². The third kappa shape index (κ3) is 3.39. The number of rotatable bonds is 4. The maximum absolute atomic E-state index is 13.3. The van der Waals surface area contributed by atoms with Gasteiger partial charge < -0.3 is 9.47 Å². The van der Waals surface area contributed by atoms with Gasteiger partial charge in [0.2, 0.25) is 5.91 Å². The van der Waals surface area contributed by atoms with Crippen molar-refractivity contribution in [2.24, 2.45) is 0 Å². The van der Waals surface area contributed by atoms with Gasteiger partial charge in [0, 0.05) is 30.1 Å². The fourth-order valence-electron chi connectivity index (χ4n) is 3.58. The zero-order chi connectivity index (χ0) is 23.0. The van der Waals surface area contributed by atoms with Crippen LogP contribution in [0.25, 0.3) is 17.0 Å². The van der Waals surface area contributed by atoms with Crippen LogP contribution < -0.4 is 19.7 Å². The van der Waals surface area contributed by atoms with Crippen molar-refractivity contribution in [1.29, 1.82) is 0 Å². The van der Waals surface area contributed by atoms with Crippen LogP contribution in [0.3, 0.4) is 0 Å². The van der Waals surface area contributed by atoms with Crippen molar-refractivity contribution in [3.8, 4) is 11.5 Å². The van der Waals surface area contributed by atoms with Gasteiger partial charge in [-0.25, -0.2) is 9.69 Å². The molecule has 1 saturated heterocycles. The van der Waals surface area contributed by atoms with Gasteiger partial charge in [-0.2, -0.15) is 0 Å². The third-order valence-corrected chi connectivity index (χ3v) is 5.11. The summed E-state index contributed by atoms with van der Waals surface area (Å²) in [5.74, 6) is -1.24. The van der Waals surface area contributed by atoms with Gasteiger partial charge in [0.05, 0.1) is 25.4 Å². The van der Waals surface area contributed by atoms with E-state index in [1.807, 2.05) is 0 Å². The van der Waals surface area contributed by atoms with Crippen molar-refractivity contribution in [3.63, 3.8) is 0 Å². The van der Waals surface area contributed by atoms with Crippen LogP contribution in [0.15, 0.2) is 54.2 Å². The van der Waals surface area contributed by atoms with Crippen LogP contribution in [0.2, 0.25) is 0 Å². The van der Waals surface area contributed by atoms with E-state index >= 15 is 0 Å². The molecule has 2 heterocycles. The zero-order valence-electron chi connectivity index (χ0n) is 17.5. The van der Waals surface area contributed by atoms with Gasteiger partial charge in [-0.15, -0.1) is 0 Å². The van der Waals surface area contributed by atoms with E-state index in [0.29, 0.717) is 22.2 Å². The smallest absolute Gasteiger partial charge is 0.336 e. The molecule has 0 saturated carbocycles. The summed E-state index contributed by atoms with van der Waals surface area (Å²) in [5.41, 5.74) is 0.985. The van der Waals surface area contributed by atoms with E-state index in [4.69, 9.17) is 9.47 Å². The highest BCUT2D eigenvalue weighted by atomic mass is 16.5. The molecule has 1 aliphatic heterocycles. The van der Waals surface area contributed by atoms with Crippen LogP contribution >= 0.6 is 0 Å². The minimum absolute atomic E-state index is 0.124. The average molecular weight is 433 g/mol. The molecule has 4 rings (SSSR count). The van der Waals surface area contributed by atoms with Crippen LogP contribution in [0.5, 0.6) is 11.5 Å². The number of amides is 4. The van der Waals surface area contributed by atoms with Crippen molar-refractivity contribution in [2.75, 3.05) is 19.1 Å². The number of nitrogens with one attached hydrogen (secondary N) is 1. The number of carbonyl (C=O) groups is 4. The van der Waals surface area contributed by atoms with Crippen LogP contribution in [-0.2, 0) is 9.59 Å². The lowest BCUT2D eigenvalue weighted by Gasteiger charge is -2.27. The molecule has 0 radical (unpaired) electrons. The Balaban J connectivity index is 1.85. The van der Waals surface area contributed by atoms with Gasteiger partial charge in [0.1, 0.15) is 17.1 Å². The highest BCUT2D eigenvalue weighted by Gasteiger charge is 2.38. The Bertz CT molecular complexity index is 1320. The fourth-order valence-corrected chi connectivity index (χ4v) is 3.58. The largest absolute Gasteiger partial charge is 0.497 e. The second-order valence-electron chi connectivity index (χ2n) is 6.99. The Kier molecular flexibility index (Phi) is 5.23. The molecule has 4 amide bonds. The summed E-state index contributed by atoms with van der Waals surface area (Å²) in [7, 11) is 2.85. The van der Waals surface area contributed by atoms with Gasteiger partial charge in [0.25, 0.3) is 11.8 Å². The lowest BCUT2D eigenvalue weighted by molar-refractivity contribution is -0.122. The Hall–Kier alpha value is -4.40. The standard InChI is InChI=1S/C23H19N3O6/c1-13(27)25-12-14(16-6-4-5-7-18(16)25)10-17-21(28)24-23(30)26(22(17)29)19-11-15(31-2)8-9-20(19)32-3/h4-12H,1-3H3,(H,24,28,30). The summed E-state index contributed by atoms with van der Waals surface area (Å²) in [6, 6.07) is 10.8. The summed E-state index contributed by atoms with van der Waals surface area (Å²) in [6.45, 7) is 1.41. The molecule has 0 spiro atoms. The number of benzene rings is 2. The minimum Gasteiger partial charge on any atom is -0.497 e. The van der Waals surface area contributed by atoms with E-state index in [1.54, 1.807) is 42.6 Å². The topological polar surface area (TPSA) is 107 Å². The fraction of sp³-hybridized carbons (Fsp3) is 0.130. The molecule has 162 valence electrons. The predicted molar refractivity (Wildman–Crippen MR) is 117 cm³/mol. The molecule has 3 aromatic rings. The van der Waals surface area contributed by atoms with Gasteiger partial charge in [0.15, 0.2) is 0 Å². The van der Waals surface area contributed by atoms with E-state index in [2.05, 4.69) is 5.32 Å². The maximum atomic E-state index is 13.3. The SMILES string of the molecule is COc1ccc(OC)c(N2C(=O)NC(=O)C(=Cc3cn(C(C)=O)c4ccccc34)C2=O)c1. The molecule has 0 atom stereocenters. The van der Waals surface area contributed by atoms with E-state index in [0.717, 1.165) is 4.90 Å². The quantitative estimate of drug-likeness (QED) is 0.501. The molecular weight excluding hydrogens is 414 g/mol. The number of methoxy groups -OCH3 is 2. The second kappa shape index (κ2) is 8.03. The maximum Gasteiger partial charge on any atom is 0.336 e. The zero-order valence-corrected chi connectivity index (χ0v) is 17.5. The monoisotopic (exact) mass is 433 g/mol. The highest BCUT2D eigenvalue weighted by molar-refractivity contribution is 6.39. The normalized spacial score (nSPS) is 15.3. The van der Waals surface area contributed by atoms with Crippen LogP contribution in [0, 0.1) is 0 Å². The first-order chi connectivity index (χ1) is 15.3. The molecule has 1 fully saturated rings. The van der Waals surface area contributed by atoms with Crippen LogP contribution in [0.1, 0.15) is 17.3 Å². The molecule has 0 bridgehead atoms. The number of barbiturate groups is 1. The molecule has 9 heteroatoms. The van der Waals surface area contributed by atoms with E-state index in [-0.39, 0.29) is 22.9 Å². The molecule has 1 N–H and O–H groups in total. The summed E-state index contributed by atoms with van der Waals surface area (Å²) in [4.78, 5) is 51.3. The summed E-state index contributed by atoms with van der Waals surface area (Å²) < 4.78 is 11.9. The van der Waals surface area contributed by atoms with E-state index in [9.17, 15) is 19.2 Å². The molecule has 1 aliphatic rings. The number of para-hydroxylation sites is 1. The number of urea groups is 1. The number of imide groups is 2. The average Bonchev–Trinajstić information content (AvgIpc) is 3.15. The van der Waals surface area contributed by atoms with Crippen LogP contribution in [0.4, 0.5) is 10.5 Å². The van der Waals surface area contributed by atoms with Gasteiger partial charge in [-0.3, -0.25) is 24.3 Å². The number of carbonyl (C=O) groups excluding carboxylic acids is 4. The third-order valence-electron chi connectivity index (χ3n) is 5.11. The Morgan fingerprint density at radius 3 is 2.47 bits per heavy atom. The van der Waals surface area contributed by atoms with E-state index in [1.165, 1.54) is 37.9 Å². The van der Waals surface area contributed by atoms with Gasteiger partial charge in [-0.1, -0.05) is 18.2 Å². The Morgan fingerprint density at radius 1 is 1.03 bits per heavy atom. The minimum atomic E-state index is -0.908. The number of aromatic nitrogens is 1. The molecule has 0 unspecified atom stereocenters. The second-order valence-corrected chi connectivity index (χ2v) is 6.99. The number of anilines is 1. The molecule has 0 aliphatic carbocycles. The molecule has 1 aromatic heterocycles. The first-order valence-electron chi connectivity index (χ1n) is 9.60. The van der Waals surface area contributed by atoms with Gasteiger partial charge in [-0.05, 0) is 24.3 Å². The highest BCUT2D eigenvalue weighted by Crippen LogP contribution is 2.35. The molecule has 9 nitrogen and oxygen atoms in total. The van der Waals surface area contributed by atoms with Gasteiger partial charge >= 0.3 is 6.03 Å². The van der Waals surface area contributed by atoms with Crippen molar-refractivity contribution >= 4 is 46.4 Å². The molecule has 32 heavy (non-hydrogen) atoms. The van der Waals surface area contributed by atoms with Crippen LogP contribution in [-0.4, -0.2) is 42.5 Å². The van der Waals surface area contributed by atoms with Crippen molar-refractivity contribution in [1.82, 2.24) is 9.88 Å². The predicted octanol–water partition coefficient (Wildman–Crippen LogP) is 2.99. The van der Waals surface area contributed by atoms with E-state index < -0.39 is 17.8 Å².